The minimum atomic E-state index is -3.78. The molecule has 0 radical (unpaired) electrons. The van der Waals surface area contributed by atoms with Crippen LogP contribution in [0.15, 0.2) is 121 Å². The zero-order chi connectivity index (χ0) is 27.2. The Bertz CT molecular complexity index is 1240. The lowest BCUT2D eigenvalue weighted by molar-refractivity contribution is 0.0916. The van der Waals surface area contributed by atoms with E-state index >= 15 is 0 Å². The number of hydrogen-bond acceptors (Lipinski definition) is 6. The molecule has 0 amide bonds. The minimum absolute atomic E-state index is 1.000. The van der Waals surface area contributed by atoms with Gasteiger partial charge < -0.3 is 25.2 Å². The summed E-state index contributed by atoms with van der Waals surface area (Å²) in [5, 5.41) is 4.00. The van der Waals surface area contributed by atoms with Gasteiger partial charge >= 0.3 is 26.2 Å². The molecule has 0 aromatic heterocycles. The monoisotopic (exact) mass is 603 g/mol. The van der Waals surface area contributed by atoms with Crippen molar-refractivity contribution in [2.75, 3.05) is 0 Å². The average molecular weight is 604 g/mol. The average Bonchev–Trinajstić information content (AvgIpc) is 2.92. The summed E-state index contributed by atoms with van der Waals surface area (Å²) >= 11 is 0. The zero-order valence-corrected chi connectivity index (χ0v) is 27.6. The van der Waals surface area contributed by atoms with Gasteiger partial charge in [-0.15, -0.1) is 0 Å². The third-order valence-corrected chi connectivity index (χ3v) is 28.7. The Morgan fingerprint density at radius 2 is 0.667 bits per heavy atom. The first kappa shape index (κ1) is 26.9. The van der Waals surface area contributed by atoms with Crippen molar-refractivity contribution >= 4 is 63.9 Å². The fraction of sp³-hybridized carbons (Fsp3) is 0.143. The van der Waals surface area contributed by atoms with Gasteiger partial charge in [0.25, 0.3) is 17.0 Å². The Hall–Kier alpha value is -2.28. The second-order valence-electron chi connectivity index (χ2n) is 10.9. The first-order valence-electron chi connectivity index (χ1n) is 13.2. The van der Waals surface area contributed by atoms with Crippen LogP contribution in [0.1, 0.15) is 0 Å². The normalized spacial score (nSPS) is 22.3. The summed E-state index contributed by atoms with van der Waals surface area (Å²) in [6.07, 6.45) is 0. The van der Waals surface area contributed by atoms with Gasteiger partial charge in [0.15, 0.2) is 0 Å². The Labute approximate surface area is 235 Å². The van der Waals surface area contributed by atoms with Gasteiger partial charge in [-0.2, -0.15) is 0 Å². The van der Waals surface area contributed by atoms with Crippen molar-refractivity contribution in [1.29, 1.82) is 0 Å². The lowest BCUT2D eigenvalue weighted by Crippen LogP contribution is -2.89. The van der Waals surface area contributed by atoms with E-state index in [0.717, 1.165) is 20.7 Å². The highest BCUT2D eigenvalue weighted by molar-refractivity contribution is 7.12. The number of benzene rings is 4. The zero-order valence-electron chi connectivity index (χ0n) is 22.6. The summed E-state index contributed by atoms with van der Waals surface area (Å²) in [6, 6.07) is 41.2. The molecule has 39 heavy (non-hydrogen) atoms. The molecule has 2 aliphatic rings. The topological polar surface area (TPSA) is 58.2 Å². The summed E-state index contributed by atoms with van der Waals surface area (Å²) < 4.78 is 39.8. The van der Waals surface area contributed by atoms with Gasteiger partial charge in [-0.3, -0.25) is 0 Å². The van der Waals surface area contributed by atoms with Crippen LogP contribution in [0, 0.1) is 0 Å². The van der Waals surface area contributed by atoms with Crippen LogP contribution < -0.4 is 25.4 Å². The molecule has 11 heteroatoms. The molecule has 6 rings (SSSR count). The van der Waals surface area contributed by atoms with Crippen molar-refractivity contribution in [3.8, 4) is 0 Å². The van der Waals surface area contributed by atoms with Crippen molar-refractivity contribution < 1.29 is 20.6 Å². The van der Waals surface area contributed by atoms with E-state index in [1.165, 1.54) is 0 Å². The molecule has 0 aliphatic carbocycles. The molecule has 1 N–H and O–H groups in total. The van der Waals surface area contributed by atoms with Gasteiger partial charge in [-0.05, 0) is 46.9 Å². The van der Waals surface area contributed by atoms with Gasteiger partial charge in [0, 0.05) is 0 Å². The van der Waals surface area contributed by atoms with Crippen molar-refractivity contribution in [2.45, 2.75) is 26.2 Å². The van der Waals surface area contributed by atoms with Gasteiger partial charge in [-0.1, -0.05) is 121 Å². The summed E-state index contributed by atoms with van der Waals surface area (Å²) in [5.74, 6) is 0. The second-order valence-corrected chi connectivity index (χ2v) is 27.8. The number of rotatable bonds is 4. The molecule has 2 heterocycles. The summed E-state index contributed by atoms with van der Waals surface area (Å²) in [7, 11) is -15.5. The van der Waals surface area contributed by atoms with Crippen LogP contribution in [0.2, 0.25) is 26.2 Å². The van der Waals surface area contributed by atoms with Gasteiger partial charge in [-0.25, -0.2) is 0 Å². The molecule has 200 valence electrons. The van der Waals surface area contributed by atoms with E-state index in [-0.39, 0.29) is 0 Å². The Morgan fingerprint density at radius 1 is 0.385 bits per heavy atom. The predicted molar refractivity (Wildman–Crippen MR) is 165 cm³/mol. The molecule has 0 saturated carbocycles. The SMILES string of the molecule is C[Si]1(C)N[Si](C)(C)O[Si]2(O1)O[Si](c1ccccc1)(c1ccccc1)O[Si](c1ccccc1)(c1ccccc1)O2. The molecule has 1 spiro atoms. The van der Waals surface area contributed by atoms with Crippen LogP contribution in [0.25, 0.3) is 0 Å². The number of nitrogens with one attached hydrogen (secondary N) is 1. The molecule has 6 nitrogen and oxygen atoms in total. The Balaban J connectivity index is 1.69. The standard InChI is InChI=1S/C28H33NO5Si5/c1-35(2)29-36(3,4)31-39(30-35)33-37(25-17-9-5-10-18-25,26-19-11-6-12-20-26)32-38(34-39,27-21-13-7-14-22-27)28-23-15-8-16-24-28/h5-24,29H,1-4H3. The van der Waals surface area contributed by atoms with Crippen LogP contribution in [0.3, 0.4) is 0 Å². The predicted octanol–water partition coefficient (Wildman–Crippen LogP) is 3.04. The molecule has 2 saturated heterocycles. The van der Waals surface area contributed by atoms with E-state index in [1.807, 2.05) is 72.8 Å². The van der Waals surface area contributed by atoms with Crippen molar-refractivity contribution in [1.82, 2.24) is 4.65 Å². The largest absolute Gasteiger partial charge is 0.642 e. The Kier molecular flexibility index (Phi) is 6.88. The Morgan fingerprint density at radius 3 is 0.949 bits per heavy atom. The highest BCUT2D eigenvalue weighted by Gasteiger charge is 2.73. The summed E-state index contributed by atoms with van der Waals surface area (Å²) in [6.45, 7) is 8.63. The lowest BCUT2D eigenvalue weighted by atomic mass is 10.4. The fourth-order valence-corrected chi connectivity index (χ4v) is 33.4. The third-order valence-electron chi connectivity index (χ3n) is 6.80. The van der Waals surface area contributed by atoms with Crippen molar-refractivity contribution in [2.24, 2.45) is 0 Å². The molecule has 0 unspecified atom stereocenters. The van der Waals surface area contributed by atoms with E-state index in [1.54, 1.807) is 0 Å². The van der Waals surface area contributed by atoms with Gasteiger partial charge in [0.2, 0.25) is 0 Å². The molecular weight excluding hydrogens is 571 g/mol. The molecule has 0 bridgehead atoms. The van der Waals surface area contributed by atoms with E-state index in [0.29, 0.717) is 0 Å². The first-order chi connectivity index (χ1) is 18.7. The highest BCUT2D eigenvalue weighted by atomic mass is 28.6. The van der Waals surface area contributed by atoms with E-state index in [9.17, 15) is 0 Å². The smallest absolute Gasteiger partial charge is 0.402 e. The maximum Gasteiger partial charge on any atom is 0.642 e. The third kappa shape index (κ3) is 5.05. The van der Waals surface area contributed by atoms with Crippen molar-refractivity contribution in [3.63, 3.8) is 0 Å². The van der Waals surface area contributed by atoms with Crippen molar-refractivity contribution in [3.05, 3.63) is 121 Å². The van der Waals surface area contributed by atoms with Crippen LogP contribution in [0.5, 0.6) is 0 Å². The van der Waals surface area contributed by atoms with Crippen LogP contribution in [-0.2, 0) is 20.6 Å². The molecule has 2 fully saturated rings. The summed E-state index contributed by atoms with van der Waals surface area (Å²) in [5.41, 5.74) is 0. The maximum absolute atomic E-state index is 7.59. The highest BCUT2D eigenvalue weighted by Crippen LogP contribution is 2.37. The fourth-order valence-electron chi connectivity index (χ4n) is 5.56. The second kappa shape index (κ2) is 9.97. The minimum Gasteiger partial charge on any atom is -0.402 e. The first-order valence-corrected chi connectivity index (χ1v) is 24.3. The molecule has 0 atom stereocenters. The molecular formula is C28H33NO5Si5. The number of hydrogen-bond donors (Lipinski definition) is 1. The quantitative estimate of drug-likeness (QED) is 0.362. The maximum atomic E-state index is 7.59. The van der Waals surface area contributed by atoms with E-state index in [2.05, 4.69) is 79.4 Å². The van der Waals surface area contributed by atoms with Gasteiger partial charge in [0.05, 0.1) is 0 Å². The van der Waals surface area contributed by atoms with Crippen LogP contribution >= 0.6 is 0 Å². The summed E-state index contributed by atoms with van der Waals surface area (Å²) in [4.78, 5) is 0. The molecule has 2 aliphatic heterocycles. The van der Waals surface area contributed by atoms with Crippen LogP contribution in [-0.4, -0.2) is 43.1 Å². The molecule has 4 aromatic rings. The van der Waals surface area contributed by atoms with E-state index < -0.39 is 43.1 Å². The molecule has 4 aromatic carbocycles. The van der Waals surface area contributed by atoms with Crippen LogP contribution in [0.4, 0.5) is 0 Å². The lowest BCUT2D eigenvalue weighted by Gasteiger charge is -2.56. The van der Waals surface area contributed by atoms with Gasteiger partial charge in [0.1, 0.15) is 0 Å². The van der Waals surface area contributed by atoms with E-state index in [4.69, 9.17) is 20.6 Å².